The number of aromatic nitrogens is 4. The standard InChI is InChI=1S/C26H33ClN8O6/c1-2-34-16-6-5-14(41-13-21(38)33-11-18(36)19(37)12-33)8-17(16)35(10-15-4-3-7-40-15)20(34)9-30-26(39)22-24(28)32-25(29)23(27)31-22/h5-6,8,15,18-19,36-37H,2-4,7,9-13H2,1H3,(H4-,28,29,30,32,39)/p+1/t15-,18+,19+/m0/s1. The number of anilines is 2. The number of amides is 2. The predicted molar refractivity (Wildman–Crippen MR) is 148 cm³/mol. The van der Waals surface area contributed by atoms with E-state index in [0.717, 1.165) is 29.7 Å². The minimum Gasteiger partial charge on any atom is -0.484 e. The van der Waals surface area contributed by atoms with E-state index >= 15 is 0 Å². The van der Waals surface area contributed by atoms with Gasteiger partial charge in [-0.3, -0.25) is 9.59 Å². The van der Waals surface area contributed by atoms with Crippen LogP contribution in [0.15, 0.2) is 18.2 Å². The number of aliphatic hydroxyl groups excluding tert-OH is 2. The molecule has 41 heavy (non-hydrogen) atoms. The zero-order valence-electron chi connectivity index (χ0n) is 22.6. The number of rotatable bonds is 9. The number of halogens is 1. The van der Waals surface area contributed by atoms with Crippen LogP contribution in [0.1, 0.15) is 36.1 Å². The SMILES string of the molecule is CC[n+]1c(CNC(=O)c2nc(Cl)c(N)nc2N)n(C[C@@H]2CCCO2)c2cc(OCC(=O)N3C[C@@H](O)[C@H](O)C3)ccc21. The van der Waals surface area contributed by atoms with Crippen LogP contribution in [0.5, 0.6) is 5.75 Å². The highest BCUT2D eigenvalue weighted by Crippen LogP contribution is 2.25. The number of ether oxygens (including phenoxy) is 2. The van der Waals surface area contributed by atoms with E-state index in [-0.39, 0.29) is 60.7 Å². The van der Waals surface area contributed by atoms with E-state index in [1.165, 1.54) is 4.90 Å². The number of aryl methyl sites for hydroxylation is 1. The van der Waals surface area contributed by atoms with Gasteiger partial charge in [0.15, 0.2) is 40.1 Å². The molecule has 0 radical (unpaired) electrons. The lowest BCUT2D eigenvalue weighted by molar-refractivity contribution is -0.676. The number of β-amino-alcohol motifs (C(OH)–C–C–N with tert-alkyl or cyclic N) is 2. The normalized spacial score (nSPS) is 20.6. The number of imidazole rings is 1. The minimum atomic E-state index is -0.958. The number of likely N-dealkylation sites (tertiary alicyclic amines) is 1. The van der Waals surface area contributed by atoms with Crippen LogP contribution in [0.25, 0.3) is 11.0 Å². The molecule has 14 nitrogen and oxygen atoms in total. The molecule has 0 spiro atoms. The Hall–Kier alpha value is -3.72. The zero-order chi connectivity index (χ0) is 29.3. The van der Waals surface area contributed by atoms with Crippen molar-refractivity contribution in [3.05, 3.63) is 34.9 Å². The van der Waals surface area contributed by atoms with Crippen LogP contribution in [-0.4, -0.2) is 86.1 Å². The number of carbonyl (C=O) groups excluding carboxylic acids is 2. The van der Waals surface area contributed by atoms with Gasteiger partial charge in [0.25, 0.3) is 17.6 Å². The molecule has 0 aliphatic carbocycles. The summed E-state index contributed by atoms with van der Waals surface area (Å²) in [7, 11) is 0. The zero-order valence-corrected chi connectivity index (χ0v) is 23.4. The highest BCUT2D eigenvalue weighted by atomic mass is 35.5. The van der Waals surface area contributed by atoms with Crippen molar-refractivity contribution < 1.29 is 33.8 Å². The molecule has 220 valence electrons. The van der Waals surface area contributed by atoms with Crippen molar-refractivity contribution in [2.75, 3.05) is 37.8 Å². The van der Waals surface area contributed by atoms with Crippen LogP contribution < -0.4 is 26.1 Å². The molecule has 7 N–H and O–H groups in total. The van der Waals surface area contributed by atoms with E-state index in [1.54, 1.807) is 6.07 Å². The van der Waals surface area contributed by atoms with Crippen molar-refractivity contribution in [2.45, 2.75) is 57.7 Å². The summed E-state index contributed by atoms with van der Waals surface area (Å²) in [5.41, 5.74) is 13.1. The maximum atomic E-state index is 13.0. The van der Waals surface area contributed by atoms with Gasteiger partial charge in [-0.15, -0.1) is 0 Å². The lowest BCUT2D eigenvalue weighted by atomic mass is 10.2. The molecule has 3 atom stereocenters. The number of hydrogen-bond donors (Lipinski definition) is 5. The smallest absolute Gasteiger partial charge is 0.277 e. The molecule has 2 amide bonds. The van der Waals surface area contributed by atoms with Crippen molar-refractivity contribution in [3.63, 3.8) is 0 Å². The van der Waals surface area contributed by atoms with Crippen LogP contribution in [0.2, 0.25) is 5.15 Å². The second-order valence-corrected chi connectivity index (χ2v) is 10.5. The van der Waals surface area contributed by atoms with Gasteiger partial charge in [0.1, 0.15) is 18.8 Å². The number of nitrogen functional groups attached to an aromatic ring is 2. The largest absolute Gasteiger partial charge is 0.484 e. The maximum absolute atomic E-state index is 13.0. The van der Waals surface area contributed by atoms with E-state index in [9.17, 15) is 19.8 Å². The van der Waals surface area contributed by atoms with E-state index in [0.29, 0.717) is 25.4 Å². The van der Waals surface area contributed by atoms with Crippen LogP contribution >= 0.6 is 11.6 Å². The topological polar surface area (TPSA) is 195 Å². The minimum absolute atomic E-state index is 0.00180. The summed E-state index contributed by atoms with van der Waals surface area (Å²) >= 11 is 5.96. The van der Waals surface area contributed by atoms with Gasteiger partial charge in [-0.25, -0.2) is 19.1 Å². The van der Waals surface area contributed by atoms with Crippen molar-refractivity contribution in [1.29, 1.82) is 0 Å². The summed E-state index contributed by atoms with van der Waals surface area (Å²) in [5.74, 6) is 0.239. The molecule has 2 aliphatic rings. The molecule has 1 aromatic carbocycles. The predicted octanol–water partition coefficient (Wildman–Crippen LogP) is -0.392. The molecule has 2 saturated heterocycles. The number of hydrogen-bond acceptors (Lipinski definition) is 10. The van der Waals surface area contributed by atoms with E-state index < -0.39 is 18.1 Å². The summed E-state index contributed by atoms with van der Waals surface area (Å²) in [4.78, 5) is 34.8. The number of nitrogens with two attached hydrogens (primary N) is 2. The molecule has 2 aromatic heterocycles. The molecule has 0 bridgehead atoms. The first-order valence-electron chi connectivity index (χ1n) is 13.5. The Morgan fingerprint density at radius 3 is 2.66 bits per heavy atom. The molecule has 4 heterocycles. The first-order valence-corrected chi connectivity index (χ1v) is 13.8. The Kier molecular flexibility index (Phi) is 8.45. The summed E-state index contributed by atoms with van der Waals surface area (Å²) in [6.45, 7) is 3.91. The second kappa shape index (κ2) is 12.0. The van der Waals surface area contributed by atoms with E-state index in [1.807, 2.05) is 19.1 Å². The van der Waals surface area contributed by atoms with Gasteiger partial charge in [0, 0.05) is 25.8 Å². The number of nitrogens with zero attached hydrogens (tertiary/aromatic N) is 5. The number of nitrogens with one attached hydrogen (secondary N) is 1. The Bertz CT molecular complexity index is 1450. The van der Waals surface area contributed by atoms with Crippen molar-refractivity contribution in [2.24, 2.45) is 0 Å². The van der Waals surface area contributed by atoms with Crippen molar-refractivity contribution in [3.8, 4) is 5.75 Å². The number of carbonyl (C=O) groups is 2. The van der Waals surface area contributed by atoms with Crippen LogP contribution in [0.4, 0.5) is 11.6 Å². The number of aliphatic hydroxyl groups is 2. The fourth-order valence-corrected chi connectivity index (χ4v) is 5.39. The van der Waals surface area contributed by atoms with Gasteiger partial charge in [0.2, 0.25) is 0 Å². The monoisotopic (exact) mass is 589 g/mol. The Morgan fingerprint density at radius 1 is 1.22 bits per heavy atom. The van der Waals surface area contributed by atoms with E-state index in [2.05, 4.69) is 24.4 Å². The van der Waals surface area contributed by atoms with E-state index in [4.69, 9.17) is 32.5 Å². The number of benzene rings is 1. The lowest BCUT2D eigenvalue weighted by Crippen LogP contribution is -2.41. The second-order valence-electron chi connectivity index (χ2n) is 10.1. The van der Waals surface area contributed by atoms with Crippen LogP contribution in [0, 0.1) is 0 Å². The third-order valence-corrected chi connectivity index (χ3v) is 7.66. The Balaban J connectivity index is 1.41. The van der Waals surface area contributed by atoms with Gasteiger partial charge in [-0.1, -0.05) is 11.6 Å². The first kappa shape index (κ1) is 28.8. The highest BCUT2D eigenvalue weighted by Gasteiger charge is 2.33. The molecular formula is C26H34ClN8O6+. The molecule has 2 fully saturated rings. The fourth-order valence-electron chi connectivity index (χ4n) is 5.26. The molecule has 15 heteroatoms. The number of fused-ring (bicyclic) bond motifs is 1. The average Bonchev–Trinajstić information content (AvgIpc) is 3.66. The third kappa shape index (κ3) is 6.00. The maximum Gasteiger partial charge on any atom is 0.277 e. The third-order valence-electron chi connectivity index (χ3n) is 7.38. The molecule has 3 aromatic rings. The van der Waals surface area contributed by atoms with Gasteiger partial charge >= 0.3 is 0 Å². The molecule has 0 saturated carbocycles. The molecule has 0 unspecified atom stereocenters. The molecule has 2 aliphatic heterocycles. The van der Waals surface area contributed by atoms with Crippen molar-refractivity contribution >= 4 is 46.1 Å². The van der Waals surface area contributed by atoms with Gasteiger partial charge in [-0.2, -0.15) is 0 Å². The highest BCUT2D eigenvalue weighted by molar-refractivity contribution is 6.31. The first-order chi connectivity index (χ1) is 19.7. The van der Waals surface area contributed by atoms with Gasteiger partial charge < -0.3 is 41.4 Å². The van der Waals surface area contributed by atoms with Crippen LogP contribution in [0.3, 0.4) is 0 Å². The van der Waals surface area contributed by atoms with Gasteiger partial charge in [0.05, 0.1) is 24.9 Å². The fraction of sp³-hybridized carbons (Fsp3) is 0.500. The Morgan fingerprint density at radius 2 is 1.98 bits per heavy atom. The molecule has 5 rings (SSSR count). The quantitative estimate of drug-likeness (QED) is 0.205. The van der Waals surface area contributed by atoms with Gasteiger partial charge in [-0.05, 0) is 31.9 Å². The lowest BCUT2D eigenvalue weighted by Gasteiger charge is -2.15. The van der Waals surface area contributed by atoms with Crippen molar-refractivity contribution in [1.82, 2.24) is 24.8 Å². The average molecular weight is 590 g/mol. The van der Waals surface area contributed by atoms with Crippen LogP contribution in [-0.2, 0) is 29.2 Å². The summed E-state index contributed by atoms with van der Waals surface area (Å²) < 4.78 is 15.9. The Labute approximate surface area is 240 Å². The summed E-state index contributed by atoms with van der Waals surface area (Å²) in [6, 6.07) is 5.54. The molecular weight excluding hydrogens is 556 g/mol. The summed E-state index contributed by atoms with van der Waals surface area (Å²) in [6.07, 6.45) is -0.0375. The summed E-state index contributed by atoms with van der Waals surface area (Å²) in [5, 5.41) is 22.3.